The van der Waals surface area contributed by atoms with Gasteiger partial charge in [0.2, 0.25) is 0 Å². The molecular weight excluding hydrogens is 136 g/mol. The van der Waals surface area contributed by atoms with Gasteiger partial charge in [-0.3, -0.25) is 4.79 Å². The summed E-state index contributed by atoms with van der Waals surface area (Å²) in [6.45, 7) is 1.19. The summed E-state index contributed by atoms with van der Waals surface area (Å²) in [6.07, 6.45) is -0.229. The van der Waals surface area contributed by atoms with Crippen LogP contribution in [0.15, 0.2) is 0 Å². The van der Waals surface area contributed by atoms with Gasteiger partial charge < -0.3 is 15.3 Å². The third-order valence-corrected chi connectivity index (χ3v) is 1.18. The van der Waals surface area contributed by atoms with E-state index in [9.17, 15) is 4.79 Å². The average Bonchev–Trinajstić information content (AvgIpc) is 1.59. The predicted molar refractivity (Wildman–Crippen MR) is 34.6 cm³/mol. The van der Waals surface area contributed by atoms with E-state index in [-0.39, 0.29) is 19.4 Å². The summed E-state index contributed by atoms with van der Waals surface area (Å²) < 4.78 is 0. The molecule has 0 fully saturated rings. The molecular formula is C6H12O4. The van der Waals surface area contributed by atoms with Crippen molar-refractivity contribution in [3.8, 4) is 0 Å². The summed E-state index contributed by atoms with van der Waals surface area (Å²) in [5, 5.41) is 25.7. The summed E-state index contributed by atoms with van der Waals surface area (Å²) in [4.78, 5) is 10.0. The van der Waals surface area contributed by atoms with E-state index < -0.39 is 11.6 Å². The van der Waals surface area contributed by atoms with E-state index in [1.165, 1.54) is 6.92 Å². The molecule has 0 radical (unpaired) electrons. The molecule has 1 unspecified atom stereocenters. The Morgan fingerprint density at radius 1 is 1.60 bits per heavy atom. The number of aliphatic carboxylic acids is 1. The van der Waals surface area contributed by atoms with Crippen LogP contribution in [0.3, 0.4) is 0 Å². The Hall–Kier alpha value is -0.610. The minimum absolute atomic E-state index is 0.0965. The van der Waals surface area contributed by atoms with Gasteiger partial charge in [0.05, 0.1) is 12.0 Å². The second-order valence-electron chi connectivity index (χ2n) is 2.54. The van der Waals surface area contributed by atoms with Gasteiger partial charge in [-0.2, -0.15) is 0 Å². The van der Waals surface area contributed by atoms with Gasteiger partial charge >= 0.3 is 5.97 Å². The van der Waals surface area contributed by atoms with Crippen molar-refractivity contribution in [1.29, 1.82) is 0 Å². The summed E-state index contributed by atoms with van der Waals surface area (Å²) in [5.41, 5.74) is -1.28. The molecule has 0 heterocycles. The molecule has 4 heteroatoms. The number of aliphatic hydroxyl groups is 2. The van der Waals surface area contributed by atoms with Crippen molar-refractivity contribution in [3.63, 3.8) is 0 Å². The number of hydrogen-bond donors (Lipinski definition) is 3. The number of hydrogen-bond acceptors (Lipinski definition) is 3. The zero-order valence-corrected chi connectivity index (χ0v) is 5.87. The Morgan fingerprint density at radius 2 is 2.10 bits per heavy atom. The van der Waals surface area contributed by atoms with Gasteiger partial charge in [0, 0.05) is 6.61 Å². The molecule has 10 heavy (non-hydrogen) atoms. The van der Waals surface area contributed by atoms with Gasteiger partial charge in [0.25, 0.3) is 0 Å². The Balaban J connectivity index is 3.74. The summed E-state index contributed by atoms with van der Waals surface area (Å²) in [5.74, 6) is -1.06. The number of carbonyl (C=O) groups is 1. The van der Waals surface area contributed by atoms with Crippen LogP contribution in [0.4, 0.5) is 0 Å². The van der Waals surface area contributed by atoms with E-state index in [4.69, 9.17) is 15.3 Å². The second-order valence-corrected chi connectivity index (χ2v) is 2.54. The fourth-order valence-corrected chi connectivity index (χ4v) is 0.655. The molecule has 0 aromatic heterocycles. The van der Waals surface area contributed by atoms with Gasteiger partial charge in [-0.05, 0) is 13.3 Å². The Labute approximate surface area is 59.1 Å². The lowest BCUT2D eigenvalue weighted by atomic mass is 9.99. The first-order valence-electron chi connectivity index (χ1n) is 3.03. The maximum Gasteiger partial charge on any atom is 0.306 e. The highest BCUT2D eigenvalue weighted by atomic mass is 16.4. The minimum Gasteiger partial charge on any atom is -0.481 e. The molecule has 0 spiro atoms. The average molecular weight is 148 g/mol. The Bertz CT molecular complexity index is 119. The minimum atomic E-state index is -1.28. The second kappa shape index (κ2) is 3.53. The molecule has 60 valence electrons. The number of carboxylic acids is 1. The SMILES string of the molecule is CC(O)(CCO)CC(=O)O. The van der Waals surface area contributed by atoms with Crippen molar-refractivity contribution in [2.45, 2.75) is 25.4 Å². The van der Waals surface area contributed by atoms with Crippen LogP contribution in [0.2, 0.25) is 0 Å². The lowest BCUT2D eigenvalue weighted by Crippen LogP contribution is -2.28. The lowest BCUT2D eigenvalue weighted by molar-refractivity contribution is -0.142. The molecule has 4 nitrogen and oxygen atoms in total. The van der Waals surface area contributed by atoms with Crippen LogP contribution in [0.5, 0.6) is 0 Å². The standard InChI is InChI=1S/C6H12O4/c1-6(10,2-3-7)4-5(8)9/h7,10H,2-4H2,1H3,(H,8,9). The fraction of sp³-hybridized carbons (Fsp3) is 0.833. The molecule has 0 aliphatic rings. The van der Waals surface area contributed by atoms with Crippen molar-refractivity contribution in [3.05, 3.63) is 0 Å². The molecule has 0 amide bonds. The van der Waals surface area contributed by atoms with E-state index in [1.807, 2.05) is 0 Å². The molecule has 0 bridgehead atoms. The highest BCUT2D eigenvalue weighted by Crippen LogP contribution is 2.12. The van der Waals surface area contributed by atoms with E-state index in [1.54, 1.807) is 0 Å². The van der Waals surface area contributed by atoms with Crippen molar-refractivity contribution >= 4 is 5.97 Å². The zero-order chi connectivity index (χ0) is 8.20. The topological polar surface area (TPSA) is 77.8 Å². The summed E-state index contributed by atoms with van der Waals surface area (Å²) >= 11 is 0. The third kappa shape index (κ3) is 4.29. The van der Waals surface area contributed by atoms with Gasteiger partial charge in [-0.15, -0.1) is 0 Å². The van der Waals surface area contributed by atoms with Gasteiger partial charge in [-0.25, -0.2) is 0 Å². The predicted octanol–water partition coefficient (Wildman–Crippen LogP) is -0.406. The molecule has 0 aliphatic heterocycles. The van der Waals surface area contributed by atoms with Crippen LogP contribution < -0.4 is 0 Å². The fourth-order valence-electron chi connectivity index (χ4n) is 0.655. The number of rotatable bonds is 4. The molecule has 0 saturated heterocycles. The first-order chi connectivity index (χ1) is 4.48. The van der Waals surface area contributed by atoms with Crippen LogP contribution in [0, 0.1) is 0 Å². The van der Waals surface area contributed by atoms with E-state index in [0.717, 1.165) is 0 Å². The van der Waals surface area contributed by atoms with Crippen LogP contribution in [-0.4, -0.2) is 33.5 Å². The Morgan fingerprint density at radius 3 is 2.40 bits per heavy atom. The normalized spacial score (nSPS) is 16.3. The smallest absolute Gasteiger partial charge is 0.306 e. The van der Waals surface area contributed by atoms with E-state index in [2.05, 4.69) is 0 Å². The number of aliphatic hydroxyl groups excluding tert-OH is 1. The van der Waals surface area contributed by atoms with Crippen LogP contribution in [0.25, 0.3) is 0 Å². The Kier molecular flexibility index (Phi) is 3.32. The quantitative estimate of drug-likeness (QED) is 0.506. The maximum absolute atomic E-state index is 10.0. The monoisotopic (exact) mass is 148 g/mol. The number of carboxylic acid groups (broad SMARTS) is 1. The van der Waals surface area contributed by atoms with Crippen LogP contribution in [0.1, 0.15) is 19.8 Å². The maximum atomic E-state index is 10.0. The molecule has 1 atom stereocenters. The molecule has 0 saturated carbocycles. The molecule has 0 aromatic carbocycles. The first kappa shape index (κ1) is 9.39. The first-order valence-corrected chi connectivity index (χ1v) is 3.03. The summed E-state index contributed by atoms with van der Waals surface area (Å²) in [7, 11) is 0. The van der Waals surface area contributed by atoms with Gasteiger partial charge in [0.1, 0.15) is 0 Å². The van der Waals surface area contributed by atoms with E-state index in [0.29, 0.717) is 0 Å². The van der Waals surface area contributed by atoms with Crippen molar-refractivity contribution in [2.75, 3.05) is 6.61 Å². The molecule has 0 aliphatic carbocycles. The van der Waals surface area contributed by atoms with Crippen LogP contribution in [-0.2, 0) is 4.79 Å². The summed E-state index contributed by atoms with van der Waals surface area (Å²) in [6, 6.07) is 0. The van der Waals surface area contributed by atoms with E-state index >= 15 is 0 Å². The molecule has 0 rings (SSSR count). The highest BCUT2D eigenvalue weighted by molar-refractivity contribution is 5.67. The van der Waals surface area contributed by atoms with Crippen molar-refractivity contribution in [1.82, 2.24) is 0 Å². The van der Waals surface area contributed by atoms with Crippen molar-refractivity contribution in [2.24, 2.45) is 0 Å². The third-order valence-electron chi connectivity index (χ3n) is 1.18. The molecule has 0 aromatic rings. The van der Waals surface area contributed by atoms with Gasteiger partial charge in [-0.1, -0.05) is 0 Å². The molecule has 3 N–H and O–H groups in total. The van der Waals surface area contributed by atoms with Gasteiger partial charge in [0.15, 0.2) is 0 Å². The zero-order valence-electron chi connectivity index (χ0n) is 5.87. The lowest BCUT2D eigenvalue weighted by Gasteiger charge is -2.18. The largest absolute Gasteiger partial charge is 0.481 e. The highest BCUT2D eigenvalue weighted by Gasteiger charge is 2.22. The van der Waals surface area contributed by atoms with Crippen molar-refractivity contribution < 1.29 is 20.1 Å². The van der Waals surface area contributed by atoms with Crippen LogP contribution >= 0.6 is 0 Å².